The van der Waals surface area contributed by atoms with Crippen LogP contribution in [0.5, 0.6) is 0 Å². The van der Waals surface area contributed by atoms with E-state index in [4.69, 9.17) is 71.7 Å². The number of hydrogen-bond donors (Lipinski definition) is 2. The molecule has 1 aliphatic heterocycles. The predicted molar refractivity (Wildman–Crippen MR) is 174 cm³/mol. The average Bonchev–Trinajstić information content (AvgIpc) is 3.61. The van der Waals surface area contributed by atoms with Gasteiger partial charge >= 0.3 is 17.9 Å². The molecule has 1 fully saturated rings. The highest BCUT2D eigenvalue weighted by atomic mass is 35.5. The highest BCUT2D eigenvalue weighted by Crippen LogP contribution is 2.37. The largest absolute Gasteiger partial charge is 0.459 e. The number of rotatable bonds is 8. The van der Waals surface area contributed by atoms with Crippen molar-refractivity contribution in [2.75, 3.05) is 12.3 Å². The maximum atomic E-state index is 13.5. The van der Waals surface area contributed by atoms with Gasteiger partial charge in [0.2, 0.25) is 0 Å². The Morgan fingerprint density at radius 1 is 0.809 bits per heavy atom. The molecule has 3 aromatic carbocycles. The van der Waals surface area contributed by atoms with Crippen LogP contribution in [0.25, 0.3) is 11.2 Å². The lowest BCUT2D eigenvalue weighted by Crippen LogP contribution is -2.41. The Hall–Kier alpha value is -4.53. The number of benzene rings is 3. The van der Waals surface area contributed by atoms with Gasteiger partial charge in [-0.3, -0.25) is 4.57 Å². The Morgan fingerprint density at radius 2 is 1.30 bits per heavy atom. The van der Waals surface area contributed by atoms with Crippen molar-refractivity contribution in [2.24, 2.45) is 0 Å². The Labute approximate surface area is 286 Å². The van der Waals surface area contributed by atoms with Crippen LogP contribution in [0.1, 0.15) is 37.3 Å². The first-order chi connectivity index (χ1) is 22.6. The summed E-state index contributed by atoms with van der Waals surface area (Å²) >= 11 is 23.3. The monoisotopic (exact) mass is 713 g/mol. The Bertz CT molecular complexity index is 2020. The zero-order chi connectivity index (χ0) is 33.2. The van der Waals surface area contributed by atoms with Gasteiger partial charge < -0.3 is 29.7 Å². The molecule has 6 rings (SSSR count). The minimum absolute atomic E-state index is 0.00360. The first-order valence-electron chi connectivity index (χ1n) is 13.8. The highest BCUT2D eigenvalue weighted by Gasteiger charge is 2.51. The van der Waals surface area contributed by atoms with Gasteiger partial charge in [0.05, 0.1) is 23.0 Å². The van der Waals surface area contributed by atoms with Crippen LogP contribution in [-0.2, 0) is 18.9 Å². The molecule has 2 aromatic heterocycles. The van der Waals surface area contributed by atoms with Gasteiger partial charge in [0.15, 0.2) is 29.0 Å². The second-order valence-corrected chi connectivity index (χ2v) is 11.9. The van der Waals surface area contributed by atoms with Gasteiger partial charge in [0.1, 0.15) is 23.9 Å². The van der Waals surface area contributed by atoms with Crippen molar-refractivity contribution in [3.05, 3.63) is 116 Å². The Kier molecular flexibility index (Phi) is 9.43. The molecule has 12 nitrogen and oxygen atoms in total. The molecule has 47 heavy (non-hydrogen) atoms. The number of nitrogen functional groups attached to an aromatic ring is 1. The third kappa shape index (κ3) is 7.09. The number of H-pyrrole nitrogens is 1. The maximum absolute atomic E-state index is 13.5. The zero-order valence-corrected chi connectivity index (χ0v) is 26.9. The number of fused-ring (bicyclic) bond motifs is 1. The second kappa shape index (κ2) is 13.7. The van der Waals surface area contributed by atoms with Crippen LogP contribution in [0.15, 0.2) is 79.1 Å². The zero-order valence-electron chi connectivity index (χ0n) is 23.8. The molecule has 3 N–H and O–H groups in total. The van der Waals surface area contributed by atoms with Crippen molar-refractivity contribution in [2.45, 2.75) is 24.5 Å². The van der Waals surface area contributed by atoms with Crippen molar-refractivity contribution in [1.82, 2.24) is 19.5 Å². The van der Waals surface area contributed by atoms with Crippen molar-refractivity contribution < 1.29 is 33.3 Å². The van der Waals surface area contributed by atoms with Crippen LogP contribution in [0.2, 0.25) is 15.1 Å². The summed E-state index contributed by atoms with van der Waals surface area (Å²) in [6.45, 7) is -0.405. The van der Waals surface area contributed by atoms with Crippen LogP contribution in [0.4, 0.5) is 5.95 Å². The summed E-state index contributed by atoms with van der Waals surface area (Å²) < 4.78 is 25.5. The predicted octanol–water partition coefficient (Wildman–Crippen LogP) is 6.24. The van der Waals surface area contributed by atoms with E-state index in [-0.39, 0.29) is 32.8 Å². The molecule has 4 atom stereocenters. The van der Waals surface area contributed by atoms with Crippen LogP contribution < -0.4 is 5.73 Å². The summed E-state index contributed by atoms with van der Waals surface area (Å²) in [5, 5.41) is 1.25. The molecule has 0 radical (unpaired) electrons. The number of aromatic amines is 1. The van der Waals surface area contributed by atoms with E-state index in [0.717, 1.165) is 0 Å². The molecule has 0 amide bonds. The van der Waals surface area contributed by atoms with E-state index in [1.165, 1.54) is 83.7 Å². The third-order valence-electron chi connectivity index (χ3n) is 7.13. The van der Waals surface area contributed by atoms with Gasteiger partial charge in [-0.2, -0.15) is 0 Å². The number of imidazole rings is 1. The number of nitrogens with zero attached hydrogens (tertiary/aromatic N) is 3. The number of halogens is 3. The molecule has 0 bridgehead atoms. The molecule has 3 heterocycles. The summed E-state index contributed by atoms with van der Waals surface area (Å²) in [5.41, 5.74) is 7.07. The molecule has 5 aromatic rings. The SMILES string of the molecule is Nc1nc(=S)c2ncn([C@@H]3O[C@@H](COC(=O)c4ccc(Cl)cc4)[C@H](OC(=O)c4ccc(Cl)cc4)[C@@H]3OC(=O)c3ccc(Cl)cc3)c2[nH]1. The molecular weight excluding hydrogens is 693 g/mol. The second-order valence-electron chi connectivity index (χ2n) is 10.2. The number of hydrogen-bond acceptors (Lipinski definition) is 11. The summed E-state index contributed by atoms with van der Waals surface area (Å²) in [4.78, 5) is 51.1. The smallest absolute Gasteiger partial charge is 0.338 e. The summed E-state index contributed by atoms with van der Waals surface area (Å²) in [6.07, 6.45) is -3.58. The fraction of sp³-hybridized carbons (Fsp3) is 0.161. The van der Waals surface area contributed by atoms with Crippen LogP contribution >= 0.6 is 47.0 Å². The van der Waals surface area contributed by atoms with Gasteiger partial charge in [0.25, 0.3) is 0 Å². The average molecular weight is 715 g/mol. The molecule has 0 unspecified atom stereocenters. The lowest BCUT2D eigenvalue weighted by atomic mass is 10.1. The topological polar surface area (TPSA) is 161 Å². The molecule has 1 saturated heterocycles. The number of nitrogens with two attached hydrogens (primary N) is 1. The standard InChI is InChI=1S/C31H22Cl3N5O7S/c32-18-7-1-15(2-8-18)28(40)43-13-21-23(45-29(41)16-3-9-19(33)10-4-16)24(46-30(42)17-5-11-20(34)12-6-17)27(44-21)39-14-36-22-25(39)37-31(35)38-26(22)47/h1-12,14,21,23-24,27H,13H2,(H3,35,37,38,47)/t21-,23-,24-,27+/m0/s1. The fourth-order valence-electron chi connectivity index (χ4n) is 4.86. The van der Waals surface area contributed by atoms with E-state index >= 15 is 0 Å². The van der Waals surface area contributed by atoms with E-state index in [1.807, 2.05) is 0 Å². The highest BCUT2D eigenvalue weighted by molar-refractivity contribution is 7.71. The molecule has 240 valence electrons. The quantitative estimate of drug-likeness (QED) is 0.106. The van der Waals surface area contributed by atoms with E-state index in [2.05, 4.69) is 15.0 Å². The normalized spacial score (nSPS) is 19.0. The number of carbonyl (C=O) groups is 3. The first-order valence-corrected chi connectivity index (χ1v) is 15.3. The first kappa shape index (κ1) is 32.4. The molecule has 0 aliphatic carbocycles. The van der Waals surface area contributed by atoms with Gasteiger partial charge in [-0.15, -0.1) is 0 Å². The van der Waals surface area contributed by atoms with Crippen molar-refractivity contribution in [1.29, 1.82) is 0 Å². The number of esters is 3. The number of ether oxygens (including phenoxy) is 4. The lowest BCUT2D eigenvalue weighted by Gasteiger charge is -2.25. The Balaban J connectivity index is 1.39. The van der Waals surface area contributed by atoms with Gasteiger partial charge in [-0.05, 0) is 72.8 Å². The lowest BCUT2D eigenvalue weighted by molar-refractivity contribution is -0.0606. The molecule has 0 saturated carbocycles. The van der Waals surface area contributed by atoms with Crippen molar-refractivity contribution >= 4 is 82.0 Å². The molecule has 0 spiro atoms. The number of aromatic nitrogens is 4. The number of anilines is 1. The van der Waals surface area contributed by atoms with Crippen molar-refractivity contribution in [3.63, 3.8) is 0 Å². The minimum atomic E-state index is -1.32. The summed E-state index contributed by atoms with van der Waals surface area (Å²) in [5.74, 6) is -2.25. The van der Waals surface area contributed by atoms with E-state index in [1.54, 1.807) is 0 Å². The van der Waals surface area contributed by atoms with Gasteiger partial charge in [0, 0.05) is 15.1 Å². The van der Waals surface area contributed by atoms with Crippen LogP contribution in [0.3, 0.4) is 0 Å². The van der Waals surface area contributed by atoms with Crippen LogP contribution in [-0.4, -0.2) is 62.3 Å². The molecular formula is C31H22Cl3N5O7S. The maximum Gasteiger partial charge on any atom is 0.338 e. The summed E-state index contributed by atoms with van der Waals surface area (Å²) in [6, 6.07) is 18.1. The van der Waals surface area contributed by atoms with Gasteiger partial charge in [-0.1, -0.05) is 47.0 Å². The number of carbonyl (C=O) groups excluding carboxylic acids is 3. The third-order valence-corrected chi connectivity index (χ3v) is 8.17. The van der Waals surface area contributed by atoms with Crippen LogP contribution in [0, 0.1) is 4.64 Å². The fourth-order valence-corrected chi connectivity index (χ4v) is 5.49. The minimum Gasteiger partial charge on any atom is -0.459 e. The number of nitrogens with one attached hydrogen (secondary N) is 1. The Morgan fingerprint density at radius 3 is 1.83 bits per heavy atom. The van der Waals surface area contributed by atoms with E-state index < -0.39 is 49.1 Å². The summed E-state index contributed by atoms with van der Waals surface area (Å²) in [7, 11) is 0. The molecule has 1 aliphatic rings. The van der Waals surface area contributed by atoms with Crippen molar-refractivity contribution in [3.8, 4) is 0 Å². The van der Waals surface area contributed by atoms with E-state index in [0.29, 0.717) is 20.7 Å². The molecule has 16 heteroatoms. The van der Waals surface area contributed by atoms with E-state index in [9.17, 15) is 14.4 Å². The van der Waals surface area contributed by atoms with Gasteiger partial charge in [-0.25, -0.2) is 24.4 Å².